The van der Waals surface area contributed by atoms with Crippen LogP contribution >= 0.6 is 0 Å². The second-order valence-corrected chi connectivity index (χ2v) is 3.46. The minimum Gasteiger partial charge on any atom is -0.469 e. The van der Waals surface area contributed by atoms with Crippen LogP contribution in [0.2, 0.25) is 0 Å². The molecule has 0 heterocycles. The summed E-state index contributed by atoms with van der Waals surface area (Å²) in [6.45, 7) is -1.69. The molecule has 0 bridgehead atoms. The Morgan fingerprint density at radius 3 is 2.22 bits per heavy atom. The number of carbonyl (C=O) groups excluding carboxylic acids is 2. The summed E-state index contributed by atoms with van der Waals surface area (Å²) < 4.78 is 48.5. The summed E-state index contributed by atoms with van der Waals surface area (Å²) in [5, 5.41) is 0. The Kier molecular flexibility index (Phi) is 7.33. The van der Waals surface area contributed by atoms with Crippen molar-refractivity contribution in [1.82, 2.24) is 0 Å². The molecule has 0 N–H and O–H groups in total. The average molecular weight is 272 g/mol. The van der Waals surface area contributed by atoms with Crippen molar-refractivity contribution in [1.29, 1.82) is 0 Å². The lowest BCUT2D eigenvalue weighted by molar-refractivity contribution is -0.175. The monoisotopic (exact) mass is 272 g/mol. The van der Waals surface area contributed by atoms with Crippen molar-refractivity contribution in [2.45, 2.75) is 19.0 Å². The third-order valence-electron chi connectivity index (χ3n) is 2.05. The molecule has 8 heteroatoms. The summed E-state index contributed by atoms with van der Waals surface area (Å²) in [7, 11) is 2.28. The lowest BCUT2D eigenvalue weighted by Crippen LogP contribution is -2.24. The van der Waals surface area contributed by atoms with Gasteiger partial charge in [-0.2, -0.15) is 13.2 Å². The normalized spacial score (nSPS) is 12.9. The Labute approximate surface area is 102 Å². The summed E-state index contributed by atoms with van der Waals surface area (Å²) in [6.07, 6.45) is -4.71. The number of carbonyl (C=O) groups is 2. The zero-order valence-electron chi connectivity index (χ0n) is 10.1. The fourth-order valence-electron chi connectivity index (χ4n) is 1.17. The van der Waals surface area contributed by atoms with Gasteiger partial charge in [0, 0.05) is 6.61 Å². The minimum absolute atomic E-state index is 0.0438. The lowest BCUT2D eigenvalue weighted by Gasteiger charge is -2.14. The first-order chi connectivity index (χ1) is 8.30. The standard InChI is InChI=1S/C10H15F3O5/c1-16-8(14)5-7(9(15)17-2)3-4-18-6-10(11,12)13/h7H,3-6H2,1-2H3/t7-/m1/s1. The van der Waals surface area contributed by atoms with Gasteiger partial charge in [0.05, 0.1) is 26.6 Å². The molecule has 0 aromatic heterocycles. The first kappa shape index (κ1) is 16.7. The van der Waals surface area contributed by atoms with Gasteiger partial charge in [0.25, 0.3) is 0 Å². The molecule has 0 aliphatic rings. The van der Waals surface area contributed by atoms with Crippen molar-refractivity contribution in [2.75, 3.05) is 27.4 Å². The maximum absolute atomic E-state index is 11.8. The van der Waals surface area contributed by atoms with Gasteiger partial charge in [0.2, 0.25) is 0 Å². The number of ether oxygens (including phenoxy) is 3. The van der Waals surface area contributed by atoms with E-state index < -0.39 is 30.6 Å². The van der Waals surface area contributed by atoms with Gasteiger partial charge in [-0.1, -0.05) is 0 Å². The maximum atomic E-state index is 11.8. The maximum Gasteiger partial charge on any atom is 0.411 e. The van der Waals surface area contributed by atoms with Crippen LogP contribution in [0.5, 0.6) is 0 Å². The molecule has 0 rings (SSSR count). The van der Waals surface area contributed by atoms with E-state index in [0.717, 1.165) is 14.2 Å². The van der Waals surface area contributed by atoms with Crippen molar-refractivity contribution < 1.29 is 37.0 Å². The zero-order valence-corrected chi connectivity index (χ0v) is 10.1. The quantitative estimate of drug-likeness (QED) is 0.516. The third kappa shape index (κ3) is 7.88. The fraction of sp³-hybridized carbons (Fsp3) is 0.800. The molecule has 18 heavy (non-hydrogen) atoms. The predicted molar refractivity (Wildman–Crippen MR) is 53.6 cm³/mol. The van der Waals surface area contributed by atoms with E-state index >= 15 is 0 Å². The van der Waals surface area contributed by atoms with Gasteiger partial charge in [-0.05, 0) is 6.42 Å². The Bertz CT molecular complexity index is 277. The van der Waals surface area contributed by atoms with Crippen LogP contribution < -0.4 is 0 Å². The number of methoxy groups -OCH3 is 2. The SMILES string of the molecule is COC(=O)C[C@@H](CCOCC(F)(F)F)C(=O)OC. The molecule has 0 saturated carbocycles. The highest BCUT2D eigenvalue weighted by Crippen LogP contribution is 2.16. The lowest BCUT2D eigenvalue weighted by atomic mass is 10.0. The molecular weight excluding hydrogens is 257 g/mol. The molecule has 0 spiro atoms. The van der Waals surface area contributed by atoms with Crippen molar-refractivity contribution in [3.63, 3.8) is 0 Å². The largest absolute Gasteiger partial charge is 0.469 e. The molecule has 0 radical (unpaired) electrons. The number of halogens is 3. The van der Waals surface area contributed by atoms with E-state index in [0.29, 0.717) is 0 Å². The van der Waals surface area contributed by atoms with E-state index in [1.54, 1.807) is 0 Å². The Balaban J connectivity index is 4.10. The van der Waals surface area contributed by atoms with Crippen LogP contribution in [0.3, 0.4) is 0 Å². The number of alkyl halides is 3. The van der Waals surface area contributed by atoms with Crippen LogP contribution in [-0.4, -0.2) is 45.5 Å². The third-order valence-corrected chi connectivity index (χ3v) is 2.05. The van der Waals surface area contributed by atoms with Crippen LogP contribution in [0.15, 0.2) is 0 Å². The van der Waals surface area contributed by atoms with Crippen molar-refractivity contribution in [3.8, 4) is 0 Å². The Morgan fingerprint density at radius 2 is 1.78 bits per heavy atom. The number of rotatable bonds is 7. The highest BCUT2D eigenvalue weighted by atomic mass is 19.4. The summed E-state index contributed by atoms with van der Waals surface area (Å²) in [6, 6.07) is 0. The molecular formula is C10H15F3O5. The smallest absolute Gasteiger partial charge is 0.411 e. The predicted octanol–water partition coefficient (Wildman–Crippen LogP) is 1.31. The molecule has 106 valence electrons. The fourth-order valence-corrected chi connectivity index (χ4v) is 1.17. The van der Waals surface area contributed by atoms with Crippen molar-refractivity contribution >= 4 is 11.9 Å². The Morgan fingerprint density at radius 1 is 1.17 bits per heavy atom. The van der Waals surface area contributed by atoms with E-state index in [4.69, 9.17) is 0 Å². The number of hydrogen-bond acceptors (Lipinski definition) is 5. The molecule has 1 atom stereocenters. The summed E-state index contributed by atoms with van der Waals surface area (Å²) in [5.41, 5.74) is 0. The molecule has 0 fully saturated rings. The van der Waals surface area contributed by atoms with Crippen LogP contribution in [0.1, 0.15) is 12.8 Å². The topological polar surface area (TPSA) is 61.8 Å². The minimum atomic E-state index is -4.41. The van der Waals surface area contributed by atoms with E-state index in [2.05, 4.69) is 14.2 Å². The number of hydrogen-bond donors (Lipinski definition) is 0. The van der Waals surface area contributed by atoms with Crippen molar-refractivity contribution in [2.24, 2.45) is 5.92 Å². The summed E-state index contributed by atoms with van der Waals surface area (Å²) in [5.74, 6) is -2.19. The molecule has 0 saturated heterocycles. The van der Waals surface area contributed by atoms with E-state index in [1.807, 2.05) is 0 Å². The Hall–Kier alpha value is -1.31. The van der Waals surface area contributed by atoms with Crippen LogP contribution in [0, 0.1) is 5.92 Å². The molecule has 0 aromatic rings. The van der Waals surface area contributed by atoms with E-state index in [9.17, 15) is 22.8 Å². The summed E-state index contributed by atoms with van der Waals surface area (Å²) >= 11 is 0. The van der Waals surface area contributed by atoms with Gasteiger partial charge < -0.3 is 14.2 Å². The highest BCUT2D eigenvalue weighted by Gasteiger charge is 2.28. The van der Waals surface area contributed by atoms with Crippen LogP contribution in [-0.2, 0) is 23.8 Å². The van der Waals surface area contributed by atoms with E-state index in [1.165, 1.54) is 0 Å². The van der Waals surface area contributed by atoms with Gasteiger partial charge in [0.15, 0.2) is 0 Å². The molecule has 0 aliphatic carbocycles. The molecule has 0 aromatic carbocycles. The molecule has 5 nitrogen and oxygen atoms in total. The van der Waals surface area contributed by atoms with Gasteiger partial charge in [-0.15, -0.1) is 0 Å². The summed E-state index contributed by atoms with van der Waals surface area (Å²) in [4.78, 5) is 22.2. The first-order valence-electron chi connectivity index (χ1n) is 5.09. The van der Waals surface area contributed by atoms with Crippen LogP contribution in [0.25, 0.3) is 0 Å². The first-order valence-corrected chi connectivity index (χ1v) is 5.09. The number of esters is 2. The van der Waals surface area contributed by atoms with Crippen LogP contribution in [0.4, 0.5) is 13.2 Å². The second-order valence-electron chi connectivity index (χ2n) is 3.46. The van der Waals surface area contributed by atoms with Gasteiger partial charge in [-0.25, -0.2) is 0 Å². The second kappa shape index (κ2) is 7.91. The van der Waals surface area contributed by atoms with Crippen molar-refractivity contribution in [3.05, 3.63) is 0 Å². The molecule has 0 unspecified atom stereocenters. The van der Waals surface area contributed by atoms with E-state index in [-0.39, 0.29) is 19.4 Å². The average Bonchev–Trinajstić information content (AvgIpc) is 2.30. The zero-order chi connectivity index (χ0) is 14.2. The van der Waals surface area contributed by atoms with Gasteiger partial charge in [0.1, 0.15) is 6.61 Å². The molecule has 0 amide bonds. The highest BCUT2D eigenvalue weighted by molar-refractivity contribution is 5.79. The van der Waals surface area contributed by atoms with Gasteiger partial charge in [-0.3, -0.25) is 9.59 Å². The van der Waals surface area contributed by atoms with Gasteiger partial charge >= 0.3 is 18.1 Å². The molecule has 0 aliphatic heterocycles.